The highest BCUT2D eigenvalue weighted by molar-refractivity contribution is 8.13. The minimum atomic E-state index is 0.591. The Labute approximate surface area is 146 Å². The molecular weight excluding hydrogens is 328 g/mol. The molecule has 0 aliphatic carbocycles. The van der Waals surface area contributed by atoms with E-state index >= 15 is 0 Å². The molecule has 0 spiro atoms. The summed E-state index contributed by atoms with van der Waals surface area (Å²) in [6, 6.07) is 7.91. The fourth-order valence-corrected chi connectivity index (χ4v) is 3.67. The lowest BCUT2D eigenvalue weighted by atomic mass is 9.94. The molecule has 1 N–H and O–H groups in total. The van der Waals surface area contributed by atoms with E-state index in [4.69, 9.17) is 16.6 Å². The summed E-state index contributed by atoms with van der Waals surface area (Å²) in [6.45, 7) is 2.79. The first-order chi connectivity index (χ1) is 11.3. The van der Waals surface area contributed by atoms with Crippen LogP contribution in [0.5, 0.6) is 0 Å². The standard InChI is InChI=1S/C17H21ClN4S/c1-23-17(20-10-13-2-4-15(18)5-3-13)22-8-6-14(7-9-22)16-11-19-12-21-16/h2-5,11-12,14H,6-10H2,1H3,(H,19,21). The number of nitrogens with zero attached hydrogens (tertiary/aromatic N) is 3. The molecule has 23 heavy (non-hydrogen) atoms. The molecule has 0 saturated carbocycles. The number of piperidine rings is 1. The highest BCUT2D eigenvalue weighted by atomic mass is 35.5. The lowest BCUT2D eigenvalue weighted by molar-refractivity contribution is 0.314. The van der Waals surface area contributed by atoms with Crippen LogP contribution in [0.1, 0.15) is 30.0 Å². The van der Waals surface area contributed by atoms with Gasteiger partial charge in [-0.2, -0.15) is 0 Å². The predicted molar refractivity (Wildman–Crippen MR) is 98.2 cm³/mol. The largest absolute Gasteiger partial charge is 0.351 e. The molecule has 3 rings (SSSR count). The fraction of sp³-hybridized carbons (Fsp3) is 0.412. The molecule has 0 atom stereocenters. The average Bonchev–Trinajstić information content (AvgIpc) is 3.12. The predicted octanol–water partition coefficient (Wildman–Crippen LogP) is 4.16. The lowest BCUT2D eigenvalue weighted by Gasteiger charge is -2.33. The number of aromatic amines is 1. The molecule has 1 aromatic carbocycles. The van der Waals surface area contributed by atoms with Crippen molar-refractivity contribution in [2.45, 2.75) is 25.3 Å². The van der Waals surface area contributed by atoms with Crippen molar-refractivity contribution in [1.29, 1.82) is 0 Å². The van der Waals surface area contributed by atoms with E-state index in [0.29, 0.717) is 12.5 Å². The van der Waals surface area contributed by atoms with Crippen LogP contribution < -0.4 is 0 Å². The lowest BCUT2D eigenvalue weighted by Crippen LogP contribution is -2.36. The first-order valence-corrected chi connectivity index (χ1v) is 9.42. The molecule has 122 valence electrons. The molecule has 6 heteroatoms. The van der Waals surface area contributed by atoms with E-state index in [-0.39, 0.29) is 0 Å². The summed E-state index contributed by atoms with van der Waals surface area (Å²) in [5.74, 6) is 0.591. The summed E-state index contributed by atoms with van der Waals surface area (Å²) >= 11 is 7.65. The Kier molecular flexibility index (Phi) is 5.62. The Morgan fingerprint density at radius 3 is 2.70 bits per heavy atom. The first kappa shape index (κ1) is 16.4. The molecule has 0 amide bonds. The maximum atomic E-state index is 5.92. The molecule has 0 unspecified atom stereocenters. The van der Waals surface area contributed by atoms with Gasteiger partial charge in [0.15, 0.2) is 5.17 Å². The van der Waals surface area contributed by atoms with Gasteiger partial charge in [0.1, 0.15) is 0 Å². The number of thioether (sulfide) groups is 1. The van der Waals surface area contributed by atoms with E-state index in [9.17, 15) is 0 Å². The van der Waals surface area contributed by atoms with Crippen LogP contribution in [-0.4, -0.2) is 39.4 Å². The number of aliphatic imine (C=N–C) groups is 1. The van der Waals surface area contributed by atoms with Gasteiger partial charge in [-0.25, -0.2) is 4.98 Å². The van der Waals surface area contributed by atoms with Gasteiger partial charge in [-0.05, 0) is 36.8 Å². The number of rotatable bonds is 3. The molecule has 0 bridgehead atoms. The van der Waals surface area contributed by atoms with Crippen molar-refractivity contribution in [2.75, 3.05) is 19.3 Å². The van der Waals surface area contributed by atoms with Crippen LogP contribution in [0.15, 0.2) is 41.8 Å². The third-order valence-electron chi connectivity index (χ3n) is 4.22. The Morgan fingerprint density at radius 2 is 2.09 bits per heavy atom. The molecular formula is C17H21ClN4S. The van der Waals surface area contributed by atoms with Gasteiger partial charge < -0.3 is 9.88 Å². The molecule has 0 radical (unpaired) electrons. The van der Waals surface area contributed by atoms with Crippen molar-refractivity contribution in [1.82, 2.24) is 14.9 Å². The second kappa shape index (κ2) is 7.88. The van der Waals surface area contributed by atoms with E-state index < -0.39 is 0 Å². The highest BCUT2D eigenvalue weighted by Gasteiger charge is 2.23. The van der Waals surface area contributed by atoms with E-state index in [1.54, 1.807) is 18.1 Å². The SMILES string of the molecule is CSC(=NCc1ccc(Cl)cc1)N1CCC(c2cnc[nH]2)CC1. The fourth-order valence-electron chi connectivity index (χ4n) is 2.91. The van der Waals surface area contributed by atoms with Gasteiger partial charge in [0.2, 0.25) is 0 Å². The van der Waals surface area contributed by atoms with Crippen LogP contribution in [-0.2, 0) is 6.54 Å². The van der Waals surface area contributed by atoms with Gasteiger partial charge in [-0.3, -0.25) is 4.99 Å². The molecule has 2 heterocycles. The third-order valence-corrected chi connectivity index (χ3v) is 5.22. The summed E-state index contributed by atoms with van der Waals surface area (Å²) in [7, 11) is 0. The van der Waals surface area contributed by atoms with Crippen molar-refractivity contribution < 1.29 is 0 Å². The number of H-pyrrole nitrogens is 1. The van der Waals surface area contributed by atoms with Crippen molar-refractivity contribution in [2.24, 2.45) is 4.99 Å². The molecule has 1 fully saturated rings. The quantitative estimate of drug-likeness (QED) is 0.669. The number of likely N-dealkylation sites (tertiary alicyclic amines) is 1. The second-order valence-electron chi connectivity index (χ2n) is 5.70. The summed E-state index contributed by atoms with van der Waals surface area (Å²) in [6.07, 6.45) is 8.10. The van der Waals surface area contributed by atoms with Gasteiger partial charge in [0, 0.05) is 35.9 Å². The van der Waals surface area contributed by atoms with E-state index in [1.165, 1.54) is 11.3 Å². The van der Waals surface area contributed by atoms with Crippen LogP contribution in [0.2, 0.25) is 5.02 Å². The topological polar surface area (TPSA) is 44.3 Å². The normalized spacial score (nSPS) is 16.8. The second-order valence-corrected chi connectivity index (χ2v) is 6.91. The monoisotopic (exact) mass is 348 g/mol. The van der Waals surface area contributed by atoms with Crippen molar-refractivity contribution in [3.8, 4) is 0 Å². The molecule has 4 nitrogen and oxygen atoms in total. The molecule has 2 aromatic rings. The Morgan fingerprint density at radius 1 is 1.35 bits per heavy atom. The minimum absolute atomic E-state index is 0.591. The molecule has 1 aliphatic heterocycles. The molecule has 1 aromatic heterocycles. The summed E-state index contributed by atoms with van der Waals surface area (Å²) in [5, 5.41) is 1.90. The third kappa shape index (κ3) is 4.30. The number of nitrogens with one attached hydrogen (secondary N) is 1. The smallest absolute Gasteiger partial charge is 0.159 e. The van der Waals surface area contributed by atoms with Gasteiger partial charge in [0.05, 0.1) is 12.9 Å². The van der Waals surface area contributed by atoms with Crippen LogP contribution in [0.3, 0.4) is 0 Å². The van der Waals surface area contributed by atoms with Crippen LogP contribution >= 0.6 is 23.4 Å². The van der Waals surface area contributed by atoms with Gasteiger partial charge in [0.25, 0.3) is 0 Å². The maximum absolute atomic E-state index is 5.92. The maximum Gasteiger partial charge on any atom is 0.159 e. The Bertz CT molecular complexity index is 631. The zero-order valence-electron chi connectivity index (χ0n) is 13.2. The van der Waals surface area contributed by atoms with Gasteiger partial charge in [-0.1, -0.05) is 35.5 Å². The number of imidazole rings is 1. The van der Waals surface area contributed by atoms with Crippen LogP contribution in [0.25, 0.3) is 0 Å². The summed E-state index contributed by atoms with van der Waals surface area (Å²) in [4.78, 5) is 14.6. The molecule has 1 aliphatic rings. The zero-order chi connectivity index (χ0) is 16.1. The number of hydrogen-bond acceptors (Lipinski definition) is 3. The van der Waals surface area contributed by atoms with Crippen molar-refractivity contribution in [3.05, 3.63) is 53.1 Å². The zero-order valence-corrected chi connectivity index (χ0v) is 14.8. The first-order valence-electron chi connectivity index (χ1n) is 7.82. The average molecular weight is 349 g/mol. The van der Waals surface area contributed by atoms with Crippen molar-refractivity contribution in [3.63, 3.8) is 0 Å². The Hall–Kier alpha value is -1.46. The highest BCUT2D eigenvalue weighted by Crippen LogP contribution is 2.27. The number of benzene rings is 1. The van der Waals surface area contributed by atoms with Gasteiger partial charge in [-0.15, -0.1) is 0 Å². The molecule has 1 saturated heterocycles. The minimum Gasteiger partial charge on any atom is -0.351 e. The number of amidine groups is 1. The van der Waals surface area contributed by atoms with E-state index in [0.717, 1.165) is 36.1 Å². The van der Waals surface area contributed by atoms with Gasteiger partial charge >= 0.3 is 0 Å². The van der Waals surface area contributed by atoms with Crippen LogP contribution in [0.4, 0.5) is 0 Å². The summed E-state index contributed by atoms with van der Waals surface area (Å²) in [5.41, 5.74) is 2.45. The van der Waals surface area contributed by atoms with E-state index in [1.807, 2.05) is 30.5 Å². The Balaban J connectivity index is 1.58. The number of halogens is 1. The van der Waals surface area contributed by atoms with Crippen LogP contribution in [0, 0.1) is 0 Å². The van der Waals surface area contributed by atoms with E-state index in [2.05, 4.69) is 21.1 Å². The summed E-state index contributed by atoms with van der Waals surface area (Å²) < 4.78 is 0. The van der Waals surface area contributed by atoms with Crippen molar-refractivity contribution >= 4 is 28.5 Å². The number of aromatic nitrogens is 2. The number of hydrogen-bond donors (Lipinski definition) is 1.